The Morgan fingerprint density at radius 3 is 2.32 bits per heavy atom. The van der Waals surface area contributed by atoms with Gasteiger partial charge in [-0.05, 0) is 49.8 Å². The molecule has 1 aliphatic carbocycles. The molecule has 4 rings (SSSR count). The zero-order valence-corrected chi connectivity index (χ0v) is 17.8. The molecule has 1 aromatic heterocycles. The van der Waals surface area contributed by atoms with Gasteiger partial charge in [-0.3, -0.25) is 4.68 Å². The highest BCUT2D eigenvalue weighted by Gasteiger charge is 2.25. The molecule has 6 heteroatoms. The minimum absolute atomic E-state index is 0.319. The van der Waals surface area contributed by atoms with Crippen LogP contribution in [0.15, 0.2) is 18.2 Å². The Balaban J connectivity index is 0.000000516. The van der Waals surface area contributed by atoms with Gasteiger partial charge in [0.05, 0.1) is 17.3 Å². The molecule has 1 aromatic carbocycles. The van der Waals surface area contributed by atoms with Crippen LogP contribution in [0.5, 0.6) is 0 Å². The number of hydrogen-bond donors (Lipinski definition) is 1. The molecule has 2 aliphatic rings. The van der Waals surface area contributed by atoms with E-state index in [0.29, 0.717) is 19.1 Å². The van der Waals surface area contributed by atoms with Crippen molar-refractivity contribution in [3.8, 4) is 0 Å². The van der Waals surface area contributed by atoms with Crippen molar-refractivity contribution >= 4 is 22.6 Å². The first-order valence-electron chi connectivity index (χ1n) is 10.7. The number of piperazine rings is 1. The minimum atomic E-state index is -0.319. The number of fused-ring (bicyclic) bond motifs is 1. The number of hydrogen-bond acceptors (Lipinski definition) is 3. The highest BCUT2D eigenvalue weighted by molar-refractivity contribution is 5.85. The fourth-order valence-electron chi connectivity index (χ4n) is 3.74. The number of aryl methyl sites for hydroxylation is 1. The number of carbonyl (C=O) groups is 1. The summed E-state index contributed by atoms with van der Waals surface area (Å²) < 4.78 is 2.25. The Hall–Kier alpha value is -2.24. The molecule has 2 N–H and O–H groups in total. The summed E-state index contributed by atoms with van der Waals surface area (Å²) in [4.78, 5) is 15.3. The number of primary amides is 1. The van der Waals surface area contributed by atoms with Crippen molar-refractivity contribution in [1.82, 2.24) is 14.7 Å². The average Bonchev–Trinajstić information content (AvgIpc) is 2.97. The number of aromatic nitrogens is 2. The Morgan fingerprint density at radius 1 is 1.18 bits per heavy atom. The molecule has 6 nitrogen and oxygen atoms in total. The largest absolute Gasteiger partial charge is 0.368 e. The van der Waals surface area contributed by atoms with Crippen molar-refractivity contribution < 1.29 is 4.79 Å². The Bertz CT molecular complexity index is 798. The smallest absolute Gasteiger partial charge is 0.314 e. The molecular weight excluding hydrogens is 350 g/mol. The Labute approximate surface area is 168 Å². The third-order valence-electron chi connectivity index (χ3n) is 5.48. The number of anilines is 1. The molecule has 2 aromatic rings. The van der Waals surface area contributed by atoms with Gasteiger partial charge in [-0.1, -0.05) is 27.7 Å². The predicted molar refractivity (Wildman–Crippen MR) is 116 cm³/mol. The van der Waals surface area contributed by atoms with Gasteiger partial charge in [-0.15, -0.1) is 0 Å². The maximum Gasteiger partial charge on any atom is 0.314 e. The van der Waals surface area contributed by atoms with Gasteiger partial charge in [0.15, 0.2) is 0 Å². The zero-order valence-electron chi connectivity index (χ0n) is 17.8. The van der Waals surface area contributed by atoms with Crippen LogP contribution in [0.1, 0.15) is 58.7 Å². The summed E-state index contributed by atoms with van der Waals surface area (Å²) in [6.45, 7) is 11.7. The molecule has 2 amide bonds. The zero-order chi connectivity index (χ0) is 20.3. The summed E-state index contributed by atoms with van der Waals surface area (Å²) in [6.07, 6.45) is 4.75. The number of urea groups is 1. The van der Waals surface area contributed by atoms with Gasteiger partial charge in [-0.2, -0.15) is 5.10 Å². The molecule has 2 heterocycles. The highest BCUT2D eigenvalue weighted by atomic mass is 16.2. The number of carbonyl (C=O) groups excluding carboxylic acids is 1. The molecule has 0 unspecified atom stereocenters. The first-order chi connectivity index (χ1) is 13.4. The third kappa shape index (κ3) is 4.42. The van der Waals surface area contributed by atoms with E-state index in [0.717, 1.165) is 25.4 Å². The molecule has 1 saturated carbocycles. The van der Waals surface area contributed by atoms with Gasteiger partial charge < -0.3 is 15.5 Å². The second-order valence-electron chi connectivity index (χ2n) is 8.58. The molecule has 0 radical (unpaired) electrons. The van der Waals surface area contributed by atoms with E-state index >= 15 is 0 Å². The monoisotopic (exact) mass is 385 g/mol. The second-order valence-corrected chi connectivity index (χ2v) is 8.58. The third-order valence-corrected chi connectivity index (χ3v) is 5.48. The van der Waals surface area contributed by atoms with Crippen LogP contribution in [0.3, 0.4) is 0 Å². The van der Waals surface area contributed by atoms with Crippen LogP contribution in [0.2, 0.25) is 0 Å². The lowest BCUT2D eigenvalue weighted by Crippen LogP contribution is -2.50. The van der Waals surface area contributed by atoms with Crippen molar-refractivity contribution in [2.24, 2.45) is 11.7 Å². The first kappa shape index (κ1) is 20.5. The summed E-state index contributed by atoms with van der Waals surface area (Å²) in [5.41, 5.74) is 9.05. The summed E-state index contributed by atoms with van der Waals surface area (Å²) in [5, 5.41) is 6.16. The molecule has 0 bridgehead atoms. The molecule has 1 aliphatic heterocycles. The van der Waals surface area contributed by atoms with Crippen molar-refractivity contribution in [3.05, 3.63) is 23.9 Å². The van der Waals surface area contributed by atoms with Crippen LogP contribution in [0.4, 0.5) is 10.5 Å². The SMILES string of the molecule is CC(C)C.CCc1nn(C2CCC2)c2cc(N3CCN(C(N)=O)CC3)ccc12. The van der Waals surface area contributed by atoms with E-state index < -0.39 is 0 Å². The quantitative estimate of drug-likeness (QED) is 0.861. The second kappa shape index (κ2) is 8.84. The lowest BCUT2D eigenvalue weighted by atomic mass is 9.93. The lowest BCUT2D eigenvalue weighted by Gasteiger charge is -2.35. The van der Waals surface area contributed by atoms with Gasteiger partial charge in [0, 0.05) is 37.3 Å². The van der Waals surface area contributed by atoms with Gasteiger partial charge in [0.2, 0.25) is 0 Å². The van der Waals surface area contributed by atoms with E-state index in [1.54, 1.807) is 4.90 Å². The molecule has 0 spiro atoms. The van der Waals surface area contributed by atoms with Crippen LogP contribution in [0, 0.1) is 5.92 Å². The fourth-order valence-corrected chi connectivity index (χ4v) is 3.74. The van der Waals surface area contributed by atoms with E-state index in [-0.39, 0.29) is 6.03 Å². The highest BCUT2D eigenvalue weighted by Crippen LogP contribution is 2.36. The van der Waals surface area contributed by atoms with Crippen molar-refractivity contribution in [1.29, 1.82) is 0 Å². The Kier molecular flexibility index (Phi) is 6.47. The van der Waals surface area contributed by atoms with Crippen molar-refractivity contribution in [2.45, 2.75) is 59.4 Å². The first-order valence-corrected chi connectivity index (χ1v) is 10.7. The number of nitrogens with two attached hydrogens (primary N) is 1. The molecule has 2 fully saturated rings. The summed E-state index contributed by atoms with van der Waals surface area (Å²) >= 11 is 0. The van der Waals surface area contributed by atoms with Gasteiger partial charge in [0.25, 0.3) is 0 Å². The fraction of sp³-hybridized carbons (Fsp3) is 0.636. The van der Waals surface area contributed by atoms with Gasteiger partial charge >= 0.3 is 6.03 Å². The summed E-state index contributed by atoms with van der Waals surface area (Å²) in [6, 6.07) is 6.93. The lowest BCUT2D eigenvalue weighted by molar-refractivity contribution is 0.204. The molecule has 154 valence electrons. The van der Waals surface area contributed by atoms with Crippen molar-refractivity contribution in [3.63, 3.8) is 0 Å². The van der Waals surface area contributed by atoms with Gasteiger partial charge in [0.1, 0.15) is 0 Å². The van der Waals surface area contributed by atoms with Crippen molar-refractivity contribution in [2.75, 3.05) is 31.1 Å². The topological polar surface area (TPSA) is 67.4 Å². The maximum atomic E-state index is 11.3. The van der Waals surface area contributed by atoms with Crippen LogP contribution in [-0.2, 0) is 6.42 Å². The van der Waals surface area contributed by atoms with Crippen LogP contribution in [0.25, 0.3) is 10.9 Å². The normalized spacial score (nSPS) is 17.5. The number of rotatable bonds is 3. The summed E-state index contributed by atoms with van der Waals surface area (Å²) in [7, 11) is 0. The van der Waals surface area contributed by atoms with E-state index in [9.17, 15) is 4.79 Å². The van der Waals surface area contributed by atoms with E-state index in [2.05, 4.69) is 55.5 Å². The molecule has 0 atom stereocenters. The minimum Gasteiger partial charge on any atom is -0.368 e. The molecule has 1 saturated heterocycles. The summed E-state index contributed by atoms with van der Waals surface area (Å²) in [5.74, 6) is 0.833. The average molecular weight is 386 g/mol. The van der Waals surface area contributed by atoms with Crippen LogP contribution >= 0.6 is 0 Å². The van der Waals surface area contributed by atoms with E-state index in [1.165, 1.54) is 41.5 Å². The van der Waals surface area contributed by atoms with Crippen LogP contribution < -0.4 is 10.6 Å². The van der Waals surface area contributed by atoms with E-state index in [1.807, 2.05) is 0 Å². The van der Waals surface area contributed by atoms with E-state index in [4.69, 9.17) is 10.8 Å². The predicted octanol–water partition coefficient (Wildman–Crippen LogP) is 4.19. The van der Waals surface area contributed by atoms with Gasteiger partial charge in [-0.25, -0.2) is 4.79 Å². The van der Waals surface area contributed by atoms with Crippen LogP contribution in [-0.4, -0.2) is 46.9 Å². The maximum absolute atomic E-state index is 11.3. The number of amides is 2. The molecule has 28 heavy (non-hydrogen) atoms. The standard InChI is InChI=1S/C18H25N5O.C4H10/c1-2-16-15-7-6-14(21-8-10-22(11-9-21)18(19)24)12-17(15)23(20-16)13-4-3-5-13;1-4(2)3/h6-7,12-13H,2-5,8-11H2,1H3,(H2,19,24);4H,1-3H3. The number of benzene rings is 1. The molecular formula is C22H35N5O. The number of nitrogens with zero attached hydrogens (tertiary/aromatic N) is 4. The Morgan fingerprint density at radius 2 is 1.82 bits per heavy atom.